The Morgan fingerprint density at radius 3 is 2.67 bits per heavy atom. The molecule has 0 saturated carbocycles. The number of oxazole rings is 1. The second-order valence-corrected chi connectivity index (χ2v) is 5.73. The van der Waals surface area contributed by atoms with Crippen molar-refractivity contribution in [3.05, 3.63) is 47.9 Å². The van der Waals surface area contributed by atoms with Crippen LogP contribution in [-0.4, -0.2) is 28.9 Å². The maximum absolute atomic E-state index is 11.8. The molecule has 0 saturated heterocycles. The summed E-state index contributed by atoms with van der Waals surface area (Å²) >= 11 is 1.41. The quantitative estimate of drug-likeness (QED) is 0.766. The third-order valence-corrected chi connectivity index (χ3v) is 4.20. The molecule has 112 valence electrons. The number of carboxylic acids is 1. The highest BCUT2D eigenvalue weighted by Crippen LogP contribution is 2.29. The largest absolute Gasteiger partial charge is 0.480 e. The van der Waals surface area contributed by atoms with Crippen molar-refractivity contribution in [3.8, 4) is 0 Å². The van der Waals surface area contributed by atoms with Crippen molar-refractivity contribution < 1.29 is 14.3 Å². The van der Waals surface area contributed by atoms with Gasteiger partial charge in [0, 0.05) is 5.75 Å². The smallest absolute Gasteiger partial charge is 0.328 e. The third-order valence-electron chi connectivity index (χ3n) is 3.36. The number of carbonyl (C=O) groups is 1. The van der Waals surface area contributed by atoms with E-state index < -0.39 is 11.5 Å². The first kappa shape index (κ1) is 15.6. The number of likely N-dealkylation sites (N-methyl/N-ethyl adjacent to an activating group) is 1. The van der Waals surface area contributed by atoms with E-state index in [0.29, 0.717) is 17.4 Å². The van der Waals surface area contributed by atoms with Crippen LogP contribution in [0.5, 0.6) is 0 Å². The van der Waals surface area contributed by atoms with Gasteiger partial charge in [0.1, 0.15) is 11.8 Å². The van der Waals surface area contributed by atoms with Gasteiger partial charge in [-0.15, -0.1) is 0 Å². The molecule has 0 aliphatic carbocycles. The van der Waals surface area contributed by atoms with Gasteiger partial charge in [0.25, 0.3) is 5.22 Å². The van der Waals surface area contributed by atoms with E-state index in [1.165, 1.54) is 11.8 Å². The molecule has 1 heterocycles. The molecular formula is C15H18N2O3S. The Balaban J connectivity index is 2.12. The first-order valence-electron chi connectivity index (χ1n) is 6.61. The number of carboxylic acid groups (broad SMARTS) is 1. The summed E-state index contributed by atoms with van der Waals surface area (Å²) in [5.41, 5.74) is 0.457. The highest BCUT2D eigenvalue weighted by atomic mass is 32.2. The Labute approximate surface area is 127 Å². The van der Waals surface area contributed by atoms with Crippen LogP contribution in [0.15, 0.2) is 46.2 Å². The lowest BCUT2D eigenvalue weighted by Crippen LogP contribution is -2.47. The average Bonchev–Trinajstić information content (AvgIpc) is 2.90. The molecule has 0 spiro atoms. The van der Waals surface area contributed by atoms with Crippen molar-refractivity contribution in [3.63, 3.8) is 0 Å². The fraction of sp³-hybridized carbons (Fsp3) is 0.333. The zero-order valence-electron chi connectivity index (χ0n) is 12.0. The zero-order valence-corrected chi connectivity index (χ0v) is 12.8. The summed E-state index contributed by atoms with van der Waals surface area (Å²) in [6.07, 6.45) is 2.01. The normalized spacial score (nSPS) is 13.8. The fourth-order valence-electron chi connectivity index (χ4n) is 2.16. The number of aromatic nitrogens is 1. The van der Waals surface area contributed by atoms with E-state index in [9.17, 15) is 9.90 Å². The maximum Gasteiger partial charge on any atom is 0.328 e. The van der Waals surface area contributed by atoms with Crippen LogP contribution in [-0.2, 0) is 10.3 Å². The Morgan fingerprint density at radius 2 is 2.14 bits per heavy atom. The number of nitrogens with zero attached hydrogens (tertiary/aromatic N) is 1. The predicted octanol–water partition coefficient (Wildman–Crippen LogP) is 2.66. The summed E-state index contributed by atoms with van der Waals surface area (Å²) in [5, 5.41) is 13.2. The van der Waals surface area contributed by atoms with E-state index in [-0.39, 0.29) is 0 Å². The number of hydrogen-bond donors (Lipinski definition) is 2. The van der Waals surface area contributed by atoms with Crippen molar-refractivity contribution in [2.75, 3.05) is 12.8 Å². The zero-order chi connectivity index (χ0) is 15.3. The number of nitrogens with one attached hydrogen (secondary N) is 1. The first-order chi connectivity index (χ1) is 10.1. The summed E-state index contributed by atoms with van der Waals surface area (Å²) in [6.45, 7) is 1.85. The van der Waals surface area contributed by atoms with Crippen molar-refractivity contribution in [1.29, 1.82) is 0 Å². The van der Waals surface area contributed by atoms with Crippen LogP contribution in [0.2, 0.25) is 0 Å². The maximum atomic E-state index is 11.8. The van der Waals surface area contributed by atoms with Crippen LogP contribution < -0.4 is 5.32 Å². The van der Waals surface area contributed by atoms with Crippen molar-refractivity contribution in [1.82, 2.24) is 10.3 Å². The van der Waals surface area contributed by atoms with Gasteiger partial charge in [0.05, 0.1) is 5.69 Å². The van der Waals surface area contributed by atoms with Crippen LogP contribution in [0.25, 0.3) is 0 Å². The molecule has 1 atom stereocenters. The minimum Gasteiger partial charge on any atom is -0.480 e. The lowest BCUT2D eigenvalue weighted by molar-refractivity contribution is -0.145. The predicted molar refractivity (Wildman–Crippen MR) is 81.4 cm³/mol. The molecule has 2 aromatic rings. The van der Waals surface area contributed by atoms with Gasteiger partial charge in [0.2, 0.25) is 0 Å². The number of aliphatic carboxylic acids is 1. The minimum atomic E-state index is -1.10. The summed E-state index contributed by atoms with van der Waals surface area (Å²) in [4.78, 5) is 16.0. The number of rotatable bonds is 7. The number of aryl methyl sites for hydroxylation is 1. The molecule has 1 unspecified atom stereocenters. The molecule has 0 amide bonds. The summed E-state index contributed by atoms with van der Waals surface area (Å²) in [5.74, 6) is -0.303. The van der Waals surface area contributed by atoms with E-state index in [0.717, 1.165) is 11.3 Å². The van der Waals surface area contributed by atoms with Gasteiger partial charge in [-0.3, -0.25) is 0 Å². The molecule has 2 N–H and O–H groups in total. The summed E-state index contributed by atoms with van der Waals surface area (Å²) in [7, 11) is 1.67. The standard InChI is InChI=1S/C15H18N2O3S/c1-11-10-20-14(17-11)21-9-8-15(16-2,13(18)19)12-6-4-3-5-7-12/h3-7,10,16H,8-9H2,1-2H3,(H,18,19). The molecule has 0 aliphatic heterocycles. The average molecular weight is 306 g/mol. The molecule has 6 heteroatoms. The van der Waals surface area contributed by atoms with E-state index >= 15 is 0 Å². The topological polar surface area (TPSA) is 75.4 Å². The van der Waals surface area contributed by atoms with Crippen LogP contribution in [0, 0.1) is 6.92 Å². The lowest BCUT2D eigenvalue weighted by atomic mass is 9.87. The number of hydrogen-bond acceptors (Lipinski definition) is 5. The van der Waals surface area contributed by atoms with E-state index in [1.807, 2.05) is 37.3 Å². The molecule has 2 rings (SSSR count). The molecule has 0 aliphatic rings. The van der Waals surface area contributed by atoms with Gasteiger partial charge in [-0.2, -0.15) is 0 Å². The molecule has 0 bridgehead atoms. The number of thioether (sulfide) groups is 1. The van der Waals surface area contributed by atoms with Crippen LogP contribution in [0.4, 0.5) is 0 Å². The van der Waals surface area contributed by atoms with Crippen LogP contribution >= 0.6 is 11.8 Å². The highest BCUT2D eigenvalue weighted by Gasteiger charge is 2.38. The Bertz CT molecular complexity index is 600. The fourth-order valence-corrected chi connectivity index (χ4v) is 3.07. The van der Waals surface area contributed by atoms with Gasteiger partial charge in [-0.25, -0.2) is 9.78 Å². The second kappa shape index (κ2) is 6.78. The van der Waals surface area contributed by atoms with Crippen LogP contribution in [0.1, 0.15) is 17.7 Å². The SMILES string of the molecule is CNC(CCSc1nc(C)co1)(C(=O)O)c1ccccc1. The third kappa shape index (κ3) is 3.46. The Hall–Kier alpha value is -1.79. The van der Waals surface area contributed by atoms with Gasteiger partial charge in [-0.1, -0.05) is 42.1 Å². The highest BCUT2D eigenvalue weighted by molar-refractivity contribution is 7.99. The Morgan fingerprint density at radius 1 is 1.43 bits per heavy atom. The van der Waals surface area contributed by atoms with Crippen molar-refractivity contribution in [2.24, 2.45) is 0 Å². The van der Waals surface area contributed by atoms with E-state index in [2.05, 4.69) is 10.3 Å². The number of benzene rings is 1. The van der Waals surface area contributed by atoms with Crippen molar-refractivity contribution in [2.45, 2.75) is 24.1 Å². The van der Waals surface area contributed by atoms with Gasteiger partial charge < -0.3 is 14.8 Å². The molecule has 0 radical (unpaired) electrons. The molecular weight excluding hydrogens is 288 g/mol. The minimum absolute atomic E-state index is 0.426. The molecule has 0 fully saturated rings. The van der Waals surface area contributed by atoms with Gasteiger partial charge in [-0.05, 0) is 26.0 Å². The molecule has 1 aromatic carbocycles. The molecule has 5 nitrogen and oxygen atoms in total. The van der Waals surface area contributed by atoms with Crippen molar-refractivity contribution >= 4 is 17.7 Å². The van der Waals surface area contributed by atoms with Gasteiger partial charge >= 0.3 is 5.97 Å². The Kier molecular flexibility index (Phi) is 5.03. The summed E-state index contributed by atoms with van der Waals surface area (Å²) in [6, 6.07) is 9.20. The monoisotopic (exact) mass is 306 g/mol. The molecule has 21 heavy (non-hydrogen) atoms. The van der Waals surface area contributed by atoms with Crippen LogP contribution in [0.3, 0.4) is 0 Å². The van der Waals surface area contributed by atoms with E-state index in [4.69, 9.17) is 4.42 Å². The molecule has 1 aromatic heterocycles. The van der Waals surface area contributed by atoms with Gasteiger partial charge in [0.15, 0.2) is 0 Å². The van der Waals surface area contributed by atoms with E-state index in [1.54, 1.807) is 13.3 Å². The second-order valence-electron chi connectivity index (χ2n) is 4.68. The lowest BCUT2D eigenvalue weighted by Gasteiger charge is -2.29. The first-order valence-corrected chi connectivity index (χ1v) is 7.60. The summed E-state index contributed by atoms with van der Waals surface area (Å²) < 4.78 is 5.26.